The van der Waals surface area contributed by atoms with Gasteiger partial charge in [-0.25, -0.2) is 9.59 Å². The average Bonchev–Trinajstić information content (AvgIpc) is 2.62. The summed E-state index contributed by atoms with van der Waals surface area (Å²) in [7, 11) is 1.33. The highest BCUT2D eigenvalue weighted by molar-refractivity contribution is 5.93. The van der Waals surface area contributed by atoms with Crippen molar-refractivity contribution in [3.8, 4) is 0 Å². The van der Waals surface area contributed by atoms with Crippen LogP contribution in [0.2, 0.25) is 0 Å². The topological polar surface area (TPSA) is 70.7 Å². The van der Waals surface area contributed by atoms with Gasteiger partial charge in [-0.2, -0.15) is 0 Å². The van der Waals surface area contributed by atoms with Crippen molar-refractivity contribution in [1.82, 2.24) is 10.2 Å². The molecule has 0 radical (unpaired) electrons. The SMILES string of the molecule is COC(=O)c1cccc(NC(=O)NCCCCN2CCCC[C@@H]2C)c1. The number of unbranched alkanes of at least 4 members (excludes halogenated alkanes) is 1. The second kappa shape index (κ2) is 10.0. The normalized spacial score (nSPS) is 17.8. The van der Waals surface area contributed by atoms with E-state index >= 15 is 0 Å². The minimum absolute atomic E-state index is 0.256. The molecule has 0 saturated carbocycles. The molecular formula is C19H29N3O3. The second-order valence-electron chi connectivity index (χ2n) is 6.54. The summed E-state index contributed by atoms with van der Waals surface area (Å²) in [5, 5.41) is 5.60. The van der Waals surface area contributed by atoms with E-state index in [-0.39, 0.29) is 6.03 Å². The summed E-state index contributed by atoms with van der Waals surface area (Å²) in [6, 6.07) is 7.13. The number of rotatable bonds is 7. The number of carbonyl (C=O) groups excluding carboxylic acids is 2. The number of amides is 2. The molecule has 2 rings (SSSR count). The van der Waals surface area contributed by atoms with Gasteiger partial charge in [-0.15, -0.1) is 0 Å². The van der Waals surface area contributed by atoms with Crippen LogP contribution in [0.4, 0.5) is 10.5 Å². The maximum atomic E-state index is 11.9. The first-order chi connectivity index (χ1) is 12.1. The van der Waals surface area contributed by atoms with Gasteiger partial charge in [-0.05, 0) is 63.9 Å². The molecule has 0 aliphatic carbocycles. The van der Waals surface area contributed by atoms with Crippen molar-refractivity contribution < 1.29 is 14.3 Å². The number of anilines is 1. The number of nitrogens with one attached hydrogen (secondary N) is 2. The van der Waals surface area contributed by atoms with Gasteiger partial charge in [0.1, 0.15) is 0 Å². The van der Waals surface area contributed by atoms with Gasteiger partial charge in [0, 0.05) is 18.3 Å². The summed E-state index contributed by atoms with van der Waals surface area (Å²) >= 11 is 0. The molecule has 25 heavy (non-hydrogen) atoms. The van der Waals surface area contributed by atoms with Gasteiger partial charge in [0.2, 0.25) is 0 Å². The fourth-order valence-electron chi connectivity index (χ4n) is 3.15. The zero-order valence-electron chi connectivity index (χ0n) is 15.2. The highest BCUT2D eigenvalue weighted by Crippen LogP contribution is 2.16. The number of methoxy groups -OCH3 is 1. The summed E-state index contributed by atoms with van der Waals surface area (Å²) in [6.07, 6.45) is 5.98. The highest BCUT2D eigenvalue weighted by Gasteiger charge is 2.17. The van der Waals surface area contributed by atoms with E-state index in [1.165, 1.54) is 32.9 Å². The Kier molecular flexibility index (Phi) is 7.73. The fraction of sp³-hybridized carbons (Fsp3) is 0.579. The summed E-state index contributed by atoms with van der Waals surface area (Å²) in [6.45, 7) is 5.25. The molecule has 1 aliphatic heterocycles. The molecule has 2 amide bonds. The number of benzene rings is 1. The predicted octanol–water partition coefficient (Wildman–Crippen LogP) is 3.25. The monoisotopic (exact) mass is 347 g/mol. The van der Waals surface area contributed by atoms with Crippen LogP contribution in [0.15, 0.2) is 24.3 Å². The zero-order valence-corrected chi connectivity index (χ0v) is 15.2. The lowest BCUT2D eigenvalue weighted by Gasteiger charge is -2.33. The van der Waals surface area contributed by atoms with E-state index < -0.39 is 5.97 Å². The smallest absolute Gasteiger partial charge is 0.337 e. The molecule has 1 aliphatic rings. The summed E-state index contributed by atoms with van der Waals surface area (Å²) in [5.74, 6) is -0.420. The predicted molar refractivity (Wildman–Crippen MR) is 98.9 cm³/mol. The van der Waals surface area contributed by atoms with Gasteiger partial charge in [-0.3, -0.25) is 0 Å². The highest BCUT2D eigenvalue weighted by atomic mass is 16.5. The fourth-order valence-corrected chi connectivity index (χ4v) is 3.15. The van der Waals surface area contributed by atoms with E-state index in [0.29, 0.717) is 23.8 Å². The minimum Gasteiger partial charge on any atom is -0.465 e. The van der Waals surface area contributed by atoms with E-state index in [4.69, 9.17) is 0 Å². The number of carbonyl (C=O) groups is 2. The van der Waals surface area contributed by atoms with Gasteiger partial charge < -0.3 is 20.3 Å². The molecule has 1 fully saturated rings. The van der Waals surface area contributed by atoms with Crippen LogP contribution in [0.5, 0.6) is 0 Å². The molecule has 138 valence electrons. The van der Waals surface area contributed by atoms with Crippen molar-refractivity contribution in [3.05, 3.63) is 29.8 Å². The van der Waals surface area contributed by atoms with Gasteiger partial charge >= 0.3 is 12.0 Å². The van der Waals surface area contributed by atoms with Crippen LogP contribution >= 0.6 is 0 Å². The maximum Gasteiger partial charge on any atom is 0.337 e. The number of ether oxygens (including phenoxy) is 1. The van der Waals surface area contributed by atoms with Crippen LogP contribution in [0, 0.1) is 0 Å². The van der Waals surface area contributed by atoms with Crippen molar-refractivity contribution in [2.24, 2.45) is 0 Å². The number of hydrogen-bond donors (Lipinski definition) is 2. The molecule has 1 heterocycles. The van der Waals surface area contributed by atoms with Gasteiger partial charge in [0.05, 0.1) is 12.7 Å². The van der Waals surface area contributed by atoms with Crippen LogP contribution in [-0.4, -0.2) is 49.7 Å². The third kappa shape index (κ3) is 6.38. The third-order valence-corrected chi connectivity index (χ3v) is 4.64. The molecule has 1 aromatic carbocycles. The van der Waals surface area contributed by atoms with Crippen LogP contribution in [0.25, 0.3) is 0 Å². The third-order valence-electron chi connectivity index (χ3n) is 4.64. The Bertz CT molecular complexity index is 577. The van der Waals surface area contributed by atoms with Crippen LogP contribution in [0.3, 0.4) is 0 Å². The van der Waals surface area contributed by atoms with Gasteiger partial charge in [-0.1, -0.05) is 12.5 Å². The van der Waals surface area contributed by atoms with Gasteiger partial charge in [0.15, 0.2) is 0 Å². The van der Waals surface area contributed by atoms with Crippen LogP contribution in [0.1, 0.15) is 49.4 Å². The first kappa shape index (κ1) is 19.2. The minimum atomic E-state index is -0.420. The summed E-state index contributed by atoms with van der Waals surface area (Å²) in [4.78, 5) is 26.0. The van der Waals surface area contributed by atoms with Gasteiger partial charge in [0.25, 0.3) is 0 Å². The molecule has 1 saturated heterocycles. The van der Waals surface area contributed by atoms with Crippen molar-refractivity contribution in [2.45, 2.75) is 45.1 Å². The van der Waals surface area contributed by atoms with E-state index in [1.807, 2.05) is 0 Å². The molecule has 0 bridgehead atoms. The molecular weight excluding hydrogens is 318 g/mol. The van der Waals surface area contributed by atoms with E-state index in [9.17, 15) is 9.59 Å². The lowest BCUT2D eigenvalue weighted by molar-refractivity contribution is 0.0600. The largest absolute Gasteiger partial charge is 0.465 e. The van der Waals surface area contributed by atoms with E-state index in [1.54, 1.807) is 24.3 Å². The Morgan fingerprint density at radius 1 is 1.28 bits per heavy atom. The number of hydrogen-bond acceptors (Lipinski definition) is 4. The lowest BCUT2D eigenvalue weighted by Crippen LogP contribution is -2.38. The standard InChI is InChI=1S/C19H29N3O3/c1-15-8-3-5-12-22(15)13-6-4-11-20-19(24)21-17-10-7-9-16(14-17)18(23)25-2/h7,9-10,14-15H,3-6,8,11-13H2,1-2H3,(H2,20,21,24)/t15-/m0/s1. The van der Waals surface area contributed by atoms with Crippen molar-refractivity contribution >= 4 is 17.7 Å². The maximum absolute atomic E-state index is 11.9. The molecule has 1 aromatic rings. The molecule has 2 N–H and O–H groups in total. The number of piperidine rings is 1. The number of likely N-dealkylation sites (tertiary alicyclic amines) is 1. The molecule has 0 unspecified atom stereocenters. The Morgan fingerprint density at radius 2 is 2.12 bits per heavy atom. The second-order valence-corrected chi connectivity index (χ2v) is 6.54. The quantitative estimate of drug-likeness (QED) is 0.587. The van der Waals surface area contributed by atoms with Crippen molar-refractivity contribution in [1.29, 1.82) is 0 Å². The van der Waals surface area contributed by atoms with Crippen molar-refractivity contribution in [2.75, 3.05) is 32.1 Å². The Balaban J connectivity index is 1.64. The molecule has 0 spiro atoms. The first-order valence-electron chi connectivity index (χ1n) is 9.07. The molecule has 1 atom stereocenters. The summed E-state index contributed by atoms with van der Waals surface area (Å²) < 4.78 is 4.67. The number of esters is 1. The Morgan fingerprint density at radius 3 is 2.88 bits per heavy atom. The molecule has 6 heteroatoms. The van der Waals surface area contributed by atoms with Crippen LogP contribution < -0.4 is 10.6 Å². The Labute approximate surface area is 149 Å². The molecule has 0 aromatic heterocycles. The van der Waals surface area contributed by atoms with E-state index in [0.717, 1.165) is 19.4 Å². The van der Waals surface area contributed by atoms with Crippen LogP contribution in [-0.2, 0) is 4.74 Å². The number of nitrogens with zero attached hydrogens (tertiary/aromatic N) is 1. The Hall–Kier alpha value is -2.08. The van der Waals surface area contributed by atoms with Crippen molar-refractivity contribution in [3.63, 3.8) is 0 Å². The average molecular weight is 347 g/mol. The first-order valence-corrected chi connectivity index (χ1v) is 9.07. The van der Waals surface area contributed by atoms with E-state index in [2.05, 4.69) is 27.2 Å². The molecule has 6 nitrogen and oxygen atoms in total. The zero-order chi connectivity index (χ0) is 18.1. The summed E-state index contributed by atoms with van der Waals surface area (Å²) in [5.41, 5.74) is 0.985. The lowest BCUT2D eigenvalue weighted by atomic mass is 10.0. The number of urea groups is 1.